The molecule has 0 heterocycles. The van der Waals surface area contributed by atoms with Gasteiger partial charge in [0.1, 0.15) is 0 Å². The average Bonchev–Trinajstić information content (AvgIpc) is 2.35. The van der Waals surface area contributed by atoms with Gasteiger partial charge in [-0.1, -0.05) is 29.8 Å². The standard InChI is InChI=1S/C15H21BrN2O/c1-9-3-6-14(10(2)7-9)18-15(19)12-8-11(16)4-5-13(12)17/h4-5,8-10,14H,3,6-7,17H2,1-2H3,(H,18,19). The molecule has 4 heteroatoms. The van der Waals surface area contributed by atoms with E-state index >= 15 is 0 Å². The number of nitrogens with two attached hydrogens (primary N) is 1. The molecule has 3 atom stereocenters. The molecule has 1 aliphatic carbocycles. The van der Waals surface area contributed by atoms with Crippen molar-refractivity contribution in [3.05, 3.63) is 28.2 Å². The second-order valence-corrected chi connectivity index (χ2v) is 6.62. The molecule has 2 rings (SSSR count). The van der Waals surface area contributed by atoms with Gasteiger partial charge in [0.2, 0.25) is 0 Å². The van der Waals surface area contributed by atoms with E-state index in [-0.39, 0.29) is 11.9 Å². The van der Waals surface area contributed by atoms with Crippen LogP contribution in [0.15, 0.2) is 22.7 Å². The molecule has 19 heavy (non-hydrogen) atoms. The lowest BCUT2D eigenvalue weighted by molar-refractivity contribution is 0.0900. The van der Waals surface area contributed by atoms with Crippen LogP contribution in [0.5, 0.6) is 0 Å². The Morgan fingerprint density at radius 1 is 1.37 bits per heavy atom. The molecule has 1 aromatic carbocycles. The van der Waals surface area contributed by atoms with Gasteiger partial charge in [-0.2, -0.15) is 0 Å². The lowest BCUT2D eigenvalue weighted by atomic mass is 9.80. The first-order chi connectivity index (χ1) is 8.97. The van der Waals surface area contributed by atoms with Crippen molar-refractivity contribution < 1.29 is 4.79 Å². The topological polar surface area (TPSA) is 55.1 Å². The molecule has 3 N–H and O–H groups in total. The van der Waals surface area contributed by atoms with Gasteiger partial charge in [0.15, 0.2) is 0 Å². The molecule has 0 radical (unpaired) electrons. The van der Waals surface area contributed by atoms with Crippen LogP contribution in [0.2, 0.25) is 0 Å². The summed E-state index contributed by atoms with van der Waals surface area (Å²) in [7, 11) is 0. The number of nitrogen functional groups attached to an aromatic ring is 1. The van der Waals surface area contributed by atoms with Crippen LogP contribution in [0.1, 0.15) is 43.5 Å². The van der Waals surface area contributed by atoms with E-state index in [4.69, 9.17) is 5.73 Å². The number of hydrogen-bond acceptors (Lipinski definition) is 2. The van der Waals surface area contributed by atoms with Gasteiger partial charge < -0.3 is 11.1 Å². The lowest BCUT2D eigenvalue weighted by Gasteiger charge is -2.33. The SMILES string of the molecule is CC1CCC(NC(=O)c2cc(Br)ccc2N)C(C)C1. The molecule has 1 amide bonds. The highest BCUT2D eigenvalue weighted by Gasteiger charge is 2.27. The molecule has 1 aromatic rings. The van der Waals surface area contributed by atoms with E-state index in [1.54, 1.807) is 12.1 Å². The molecule has 3 nitrogen and oxygen atoms in total. The Hall–Kier alpha value is -1.03. The van der Waals surface area contributed by atoms with Crippen LogP contribution in [0.25, 0.3) is 0 Å². The van der Waals surface area contributed by atoms with E-state index in [2.05, 4.69) is 35.1 Å². The van der Waals surface area contributed by atoms with Gasteiger partial charge in [-0.25, -0.2) is 0 Å². The van der Waals surface area contributed by atoms with Gasteiger partial charge >= 0.3 is 0 Å². The number of nitrogens with one attached hydrogen (secondary N) is 1. The Kier molecular flexibility index (Phi) is 4.50. The van der Waals surface area contributed by atoms with Gasteiger partial charge in [-0.3, -0.25) is 4.79 Å². The summed E-state index contributed by atoms with van der Waals surface area (Å²) in [5.41, 5.74) is 6.95. The van der Waals surface area contributed by atoms with Crippen molar-refractivity contribution in [2.24, 2.45) is 11.8 Å². The Bertz CT molecular complexity index is 475. The highest BCUT2D eigenvalue weighted by atomic mass is 79.9. The highest BCUT2D eigenvalue weighted by molar-refractivity contribution is 9.10. The minimum absolute atomic E-state index is 0.0646. The normalized spacial score (nSPS) is 27.0. The van der Waals surface area contributed by atoms with E-state index in [1.807, 2.05) is 6.07 Å². The molecule has 3 unspecified atom stereocenters. The molecule has 0 saturated heterocycles. The summed E-state index contributed by atoms with van der Waals surface area (Å²) in [6.07, 6.45) is 3.42. The summed E-state index contributed by atoms with van der Waals surface area (Å²) in [6.45, 7) is 4.49. The molecule has 0 aliphatic heterocycles. The van der Waals surface area contributed by atoms with Crippen LogP contribution in [-0.4, -0.2) is 11.9 Å². The van der Waals surface area contributed by atoms with Crippen LogP contribution in [0.4, 0.5) is 5.69 Å². The van der Waals surface area contributed by atoms with Crippen LogP contribution < -0.4 is 11.1 Å². The third-order valence-electron chi connectivity index (χ3n) is 4.01. The summed E-state index contributed by atoms with van der Waals surface area (Å²) >= 11 is 3.37. The minimum atomic E-state index is -0.0646. The van der Waals surface area contributed by atoms with Crippen molar-refractivity contribution in [3.8, 4) is 0 Å². The molecule has 0 aromatic heterocycles. The average molecular weight is 325 g/mol. The Balaban J connectivity index is 2.06. The molecule has 1 aliphatic rings. The van der Waals surface area contributed by atoms with Gasteiger partial charge in [-0.15, -0.1) is 0 Å². The predicted octanol–water partition coefficient (Wildman–Crippen LogP) is 3.59. The van der Waals surface area contributed by atoms with Crippen molar-refractivity contribution >= 4 is 27.5 Å². The zero-order valence-corrected chi connectivity index (χ0v) is 13.0. The van der Waals surface area contributed by atoms with Crippen LogP contribution in [-0.2, 0) is 0 Å². The van der Waals surface area contributed by atoms with E-state index in [0.717, 1.165) is 16.8 Å². The highest BCUT2D eigenvalue weighted by Crippen LogP contribution is 2.29. The molecule has 1 fully saturated rings. The second kappa shape index (κ2) is 5.95. The van der Waals surface area contributed by atoms with Crippen molar-refractivity contribution in [2.75, 3.05) is 5.73 Å². The first-order valence-electron chi connectivity index (χ1n) is 6.83. The first-order valence-corrected chi connectivity index (χ1v) is 7.62. The quantitative estimate of drug-likeness (QED) is 0.817. The maximum atomic E-state index is 12.3. The van der Waals surface area contributed by atoms with Gasteiger partial charge in [-0.05, 0) is 49.3 Å². The lowest BCUT2D eigenvalue weighted by Crippen LogP contribution is -2.42. The fourth-order valence-electron chi connectivity index (χ4n) is 2.85. The molecular weight excluding hydrogens is 304 g/mol. The summed E-state index contributed by atoms with van der Waals surface area (Å²) in [5, 5.41) is 3.13. The number of anilines is 1. The van der Waals surface area contributed by atoms with Gasteiger partial charge in [0.05, 0.1) is 5.56 Å². The second-order valence-electron chi connectivity index (χ2n) is 5.71. The van der Waals surface area contributed by atoms with E-state index in [9.17, 15) is 4.79 Å². The fourth-order valence-corrected chi connectivity index (χ4v) is 3.21. The predicted molar refractivity (Wildman–Crippen MR) is 82.0 cm³/mol. The smallest absolute Gasteiger partial charge is 0.253 e. The van der Waals surface area contributed by atoms with E-state index < -0.39 is 0 Å². The first kappa shape index (κ1) is 14.4. The third kappa shape index (κ3) is 3.50. The molecule has 104 valence electrons. The third-order valence-corrected chi connectivity index (χ3v) is 4.50. The number of rotatable bonds is 2. The van der Waals surface area contributed by atoms with Crippen molar-refractivity contribution in [2.45, 2.75) is 39.2 Å². The fraction of sp³-hybridized carbons (Fsp3) is 0.533. The summed E-state index contributed by atoms with van der Waals surface area (Å²) < 4.78 is 0.872. The Morgan fingerprint density at radius 2 is 2.11 bits per heavy atom. The largest absolute Gasteiger partial charge is 0.398 e. The number of carbonyl (C=O) groups is 1. The number of amides is 1. The number of halogens is 1. The minimum Gasteiger partial charge on any atom is -0.398 e. The molecule has 0 spiro atoms. The molecule has 1 saturated carbocycles. The number of benzene rings is 1. The maximum absolute atomic E-state index is 12.3. The van der Waals surface area contributed by atoms with Crippen molar-refractivity contribution in [3.63, 3.8) is 0 Å². The molecule has 0 bridgehead atoms. The van der Waals surface area contributed by atoms with E-state index in [0.29, 0.717) is 17.2 Å². The van der Waals surface area contributed by atoms with Crippen LogP contribution >= 0.6 is 15.9 Å². The Morgan fingerprint density at radius 3 is 2.79 bits per heavy atom. The summed E-state index contributed by atoms with van der Waals surface area (Å²) in [4.78, 5) is 12.3. The summed E-state index contributed by atoms with van der Waals surface area (Å²) in [5.74, 6) is 1.23. The zero-order chi connectivity index (χ0) is 14.0. The van der Waals surface area contributed by atoms with Crippen LogP contribution in [0.3, 0.4) is 0 Å². The number of hydrogen-bond donors (Lipinski definition) is 2. The van der Waals surface area contributed by atoms with Crippen LogP contribution in [0, 0.1) is 11.8 Å². The van der Waals surface area contributed by atoms with Gasteiger partial charge in [0.25, 0.3) is 5.91 Å². The number of carbonyl (C=O) groups excluding carboxylic acids is 1. The van der Waals surface area contributed by atoms with E-state index in [1.165, 1.54) is 12.8 Å². The monoisotopic (exact) mass is 324 g/mol. The Labute approximate surface area is 123 Å². The van der Waals surface area contributed by atoms with Crippen molar-refractivity contribution in [1.29, 1.82) is 0 Å². The molecular formula is C15H21BrN2O. The zero-order valence-electron chi connectivity index (χ0n) is 11.4. The maximum Gasteiger partial charge on any atom is 0.253 e. The van der Waals surface area contributed by atoms with Crippen molar-refractivity contribution in [1.82, 2.24) is 5.32 Å². The summed E-state index contributed by atoms with van der Waals surface area (Å²) in [6, 6.07) is 5.64. The van der Waals surface area contributed by atoms with Gasteiger partial charge in [0, 0.05) is 16.2 Å².